The molecule has 0 aliphatic heterocycles. The summed E-state index contributed by atoms with van der Waals surface area (Å²) in [4.78, 5) is 0. The maximum atomic E-state index is 11.6. The molecule has 2 atom stereocenters. The molecule has 0 aliphatic rings. The first-order valence-corrected chi connectivity index (χ1v) is 13.0. The molecular formula is C22H46O4S. The fourth-order valence-electron chi connectivity index (χ4n) is 3.64. The summed E-state index contributed by atoms with van der Waals surface area (Å²) in [5.74, 6) is 0. The molecule has 0 saturated carbocycles. The highest BCUT2D eigenvalue weighted by molar-refractivity contribution is 7.86. The number of rotatable bonds is 20. The second-order valence-electron chi connectivity index (χ2n) is 8.30. The van der Waals surface area contributed by atoms with Gasteiger partial charge in [0.1, 0.15) is 0 Å². The van der Waals surface area contributed by atoms with Crippen LogP contribution < -0.4 is 0 Å². The SMILES string of the molecule is CCCCCCCCCCC(CCCCCCCCCC(C)O)S(=O)(=O)O. The molecule has 0 fully saturated rings. The molecule has 0 rings (SSSR count). The Labute approximate surface area is 169 Å². The van der Waals surface area contributed by atoms with Crippen LogP contribution in [0.15, 0.2) is 0 Å². The minimum absolute atomic E-state index is 0.191. The van der Waals surface area contributed by atoms with Crippen molar-refractivity contribution in [2.75, 3.05) is 0 Å². The predicted molar refractivity (Wildman–Crippen MR) is 116 cm³/mol. The number of hydrogen-bond acceptors (Lipinski definition) is 3. The van der Waals surface area contributed by atoms with Crippen LogP contribution in [0.5, 0.6) is 0 Å². The summed E-state index contributed by atoms with van der Waals surface area (Å²) in [7, 11) is -3.91. The Bertz CT molecular complexity index is 407. The maximum absolute atomic E-state index is 11.6. The van der Waals surface area contributed by atoms with Crippen molar-refractivity contribution in [3.63, 3.8) is 0 Å². The van der Waals surface area contributed by atoms with Crippen molar-refractivity contribution in [2.45, 2.75) is 141 Å². The summed E-state index contributed by atoms with van der Waals surface area (Å²) in [6.07, 6.45) is 19.1. The molecule has 0 aromatic heterocycles. The second kappa shape index (κ2) is 17.9. The monoisotopic (exact) mass is 406 g/mol. The summed E-state index contributed by atoms with van der Waals surface area (Å²) >= 11 is 0. The summed E-state index contributed by atoms with van der Waals surface area (Å²) < 4.78 is 32.7. The highest BCUT2D eigenvalue weighted by Crippen LogP contribution is 2.19. The van der Waals surface area contributed by atoms with Gasteiger partial charge in [-0.25, -0.2) is 0 Å². The molecule has 0 spiro atoms. The Morgan fingerprint density at radius 3 is 1.30 bits per heavy atom. The van der Waals surface area contributed by atoms with Gasteiger partial charge in [-0.2, -0.15) is 8.42 Å². The van der Waals surface area contributed by atoms with E-state index in [9.17, 15) is 18.1 Å². The molecule has 0 radical (unpaired) electrons. The predicted octanol–water partition coefficient (Wildman–Crippen LogP) is 6.67. The molecule has 164 valence electrons. The summed E-state index contributed by atoms with van der Waals surface area (Å²) in [6, 6.07) is 0. The van der Waals surface area contributed by atoms with Gasteiger partial charge in [0.15, 0.2) is 0 Å². The van der Waals surface area contributed by atoms with E-state index in [1.165, 1.54) is 51.4 Å². The Morgan fingerprint density at radius 1 is 0.630 bits per heavy atom. The van der Waals surface area contributed by atoms with Crippen molar-refractivity contribution in [1.29, 1.82) is 0 Å². The second-order valence-corrected chi connectivity index (χ2v) is 10.00. The summed E-state index contributed by atoms with van der Waals surface area (Å²) in [5, 5.41) is 8.64. The first kappa shape index (κ1) is 26.9. The highest BCUT2D eigenvalue weighted by Gasteiger charge is 2.21. The van der Waals surface area contributed by atoms with Gasteiger partial charge in [-0.3, -0.25) is 4.55 Å². The van der Waals surface area contributed by atoms with Crippen LogP contribution in [0.2, 0.25) is 0 Å². The molecule has 0 aliphatic carbocycles. The maximum Gasteiger partial charge on any atom is 0.267 e. The third-order valence-corrected chi connectivity index (χ3v) is 6.76. The van der Waals surface area contributed by atoms with Crippen LogP contribution in [0.25, 0.3) is 0 Å². The minimum Gasteiger partial charge on any atom is -0.393 e. The third kappa shape index (κ3) is 19.0. The van der Waals surface area contributed by atoms with E-state index in [-0.39, 0.29) is 6.10 Å². The van der Waals surface area contributed by atoms with Gasteiger partial charge in [-0.1, -0.05) is 103 Å². The quantitative estimate of drug-likeness (QED) is 0.175. The molecule has 2 unspecified atom stereocenters. The highest BCUT2D eigenvalue weighted by atomic mass is 32.2. The molecule has 5 heteroatoms. The Balaban J connectivity index is 3.69. The zero-order chi connectivity index (χ0) is 20.4. The van der Waals surface area contributed by atoms with E-state index in [1.807, 2.05) is 6.92 Å². The normalized spacial score (nSPS) is 14.4. The Kier molecular flexibility index (Phi) is 17.8. The lowest BCUT2D eigenvalue weighted by Crippen LogP contribution is -2.20. The van der Waals surface area contributed by atoms with E-state index in [2.05, 4.69) is 6.92 Å². The fourth-order valence-corrected chi connectivity index (χ4v) is 4.57. The largest absolute Gasteiger partial charge is 0.393 e. The van der Waals surface area contributed by atoms with E-state index in [0.29, 0.717) is 12.8 Å². The third-order valence-electron chi connectivity index (χ3n) is 5.45. The zero-order valence-corrected chi connectivity index (χ0v) is 18.8. The molecule has 27 heavy (non-hydrogen) atoms. The first-order chi connectivity index (χ1) is 12.9. The molecule has 0 aromatic rings. The molecule has 0 aromatic carbocycles. The van der Waals surface area contributed by atoms with Crippen molar-refractivity contribution >= 4 is 10.1 Å². The number of aliphatic hydroxyl groups excluding tert-OH is 1. The van der Waals surface area contributed by atoms with E-state index in [1.54, 1.807) is 0 Å². The molecule has 0 saturated heterocycles. The fraction of sp³-hybridized carbons (Fsp3) is 1.00. The molecule has 0 bridgehead atoms. The molecular weight excluding hydrogens is 360 g/mol. The zero-order valence-electron chi connectivity index (χ0n) is 18.0. The smallest absolute Gasteiger partial charge is 0.267 e. The van der Waals surface area contributed by atoms with Crippen LogP contribution in [0, 0.1) is 0 Å². The first-order valence-electron chi connectivity index (χ1n) is 11.5. The molecule has 4 nitrogen and oxygen atoms in total. The lowest BCUT2D eigenvalue weighted by Gasteiger charge is -2.13. The van der Waals surface area contributed by atoms with Gasteiger partial charge >= 0.3 is 0 Å². The standard InChI is InChI=1S/C22H46O4S/c1-3-4-5-6-7-10-13-16-19-22(27(24,25)26)20-17-14-11-8-9-12-15-18-21(2)23/h21-23H,3-20H2,1-2H3,(H,24,25,26). The van der Waals surface area contributed by atoms with Crippen LogP contribution in [0.4, 0.5) is 0 Å². The summed E-state index contributed by atoms with van der Waals surface area (Å²) in [6.45, 7) is 4.05. The van der Waals surface area contributed by atoms with Gasteiger partial charge in [0.05, 0.1) is 11.4 Å². The van der Waals surface area contributed by atoms with E-state index in [4.69, 9.17) is 0 Å². The van der Waals surface area contributed by atoms with E-state index >= 15 is 0 Å². The van der Waals surface area contributed by atoms with Crippen LogP contribution in [0.3, 0.4) is 0 Å². The van der Waals surface area contributed by atoms with Gasteiger partial charge in [0.2, 0.25) is 0 Å². The van der Waals surface area contributed by atoms with Crippen molar-refractivity contribution < 1.29 is 18.1 Å². The van der Waals surface area contributed by atoms with Crippen LogP contribution >= 0.6 is 0 Å². The Morgan fingerprint density at radius 2 is 0.963 bits per heavy atom. The van der Waals surface area contributed by atoms with Gasteiger partial charge in [-0.05, 0) is 26.2 Å². The van der Waals surface area contributed by atoms with Crippen LogP contribution in [-0.2, 0) is 10.1 Å². The van der Waals surface area contributed by atoms with Gasteiger partial charge in [0.25, 0.3) is 10.1 Å². The van der Waals surface area contributed by atoms with Crippen molar-refractivity contribution in [2.24, 2.45) is 0 Å². The van der Waals surface area contributed by atoms with Crippen LogP contribution in [0.1, 0.15) is 129 Å². The van der Waals surface area contributed by atoms with Crippen molar-refractivity contribution in [3.8, 4) is 0 Å². The lowest BCUT2D eigenvalue weighted by atomic mass is 10.0. The van der Waals surface area contributed by atoms with E-state index < -0.39 is 15.4 Å². The van der Waals surface area contributed by atoms with Gasteiger partial charge in [0, 0.05) is 0 Å². The topological polar surface area (TPSA) is 74.6 Å². The van der Waals surface area contributed by atoms with Crippen molar-refractivity contribution in [1.82, 2.24) is 0 Å². The average Bonchev–Trinajstić information content (AvgIpc) is 2.59. The van der Waals surface area contributed by atoms with Crippen molar-refractivity contribution in [3.05, 3.63) is 0 Å². The van der Waals surface area contributed by atoms with E-state index in [0.717, 1.165) is 51.4 Å². The molecule has 2 N–H and O–H groups in total. The van der Waals surface area contributed by atoms with Crippen LogP contribution in [-0.4, -0.2) is 29.4 Å². The minimum atomic E-state index is -3.91. The number of aliphatic hydroxyl groups is 1. The number of hydrogen-bond donors (Lipinski definition) is 2. The molecule has 0 heterocycles. The summed E-state index contributed by atoms with van der Waals surface area (Å²) in [5.41, 5.74) is 0. The molecule has 0 amide bonds. The van der Waals surface area contributed by atoms with Gasteiger partial charge < -0.3 is 5.11 Å². The number of unbranched alkanes of at least 4 members (excludes halogenated alkanes) is 13. The lowest BCUT2D eigenvalue weighted by molar-refractivity contribution is 0.180. The average molecular weight is 407 g/mol. The Hall–Kier alpha value is -0.130. The van der Waals surface area contributed by atoms with Gasteiger partial charge in [-0.15, -0.1) is 0 Å².